The zero-order valence-corrected chi connectivity index (χ0v) is 20.1. The largest absolute Gasteiger partial charge is 0.573 e. The van der Waals surface area contributed by atoms with Crippen LogP contribution in [0.4, 0.5) is 17.6 Å². The number of imidazole rings is 1. The van der Waals surface area contributed by atoms with Crippen LogP contribution in [0.25, 0.3) is 11.2 Å². The van der Waals surface area contributed by atoms with Gasteiger partial charge in [-0.15, -0.1) is 13.2 Å². The van der Waals surface area contributed by atoms with E-state index in [9.17, 15) is 27.2 Å². The van der Waals surface area contributed by atoms with Gasteiger partial charge in [-0.25, -0.2) is 9.18 Å². The van der Waals surface area contributed by atoms with Gasteiger partial charge in [0.05, 0.1) is 0 Å². The quantitative estimate of drug-likeness (QED) is 0.433. The van der Waals surface area contributed by atoms with Crippen molar-refractivity contribution in [3.05, 3.63) is 68.1 Å². The SMILES string of the molecule is Cn1c(=O)n(CCCO)c(=O)c2c1nc(Oc1cc(OC(F)(F)F)ccc1F)n2CC1C=CC(Cl)=CC1. The fourth-order valence-electron chi connectivity index (χ4n) is 3.89. The lowest BCUT2D eigenvalue weighted by Gasteiger charge is -2.17. The third-order valence-electron chi connectivity index (χ3n) is 5.64. The van der Waals surface area contributed by atoms with Crippen molar-refractivity contribution in [1.82, 2.24) is 18.7 Å². The molecule has 0 saturated carbocycles. The fourth-order valence-corrected chi connectivity index (χ4v) is 4.05. The summed E-state index contributed by atoms with van der Waals surface area (Å²) in [6, 6.07) is 1.90. The lowest BCUT2D eigenvalue weighted by atomic mass is 10.0. The van der Waals surface area contributed by atoms with Crippen LogP contribution in [-0.2, 0) is 20.1 Å². The van der Waals surface area contributed by atoms with Gasteiger partial charge in [0.25, 0.3) is 5.56 Å². The molecule has 14 heteroatoms. The molecule has 198 valence electrons. The summed E-state index contributed by atoms with van der Waals surface area (Å²) in [5.41, 5.74) is -1.51. The molecule has 1 aliphatic carbocycles. The molecule has 9 nitrogen and oxygen atoms in total. The second-order valence-corrected chi connectivity index (χ2v) is 8.68. The van der Waals surface area contributed by atoms with Crippen LogP contribution in [0.1, 0.15) is 12.8 Å². The van der Waals surface area contributed by atoms with E-state index in [2.05, 4.69) is 9.72 Å². The number of aromatic nitrogens is 4. The highest BCUT2D eigenvalue weighted by Gasteiger charge is 2.32. The van der Waals surface area contributed by atoms with Crippen molar-refractivity contribution in [3.8, 4) is 17.5 Å². The number of alkyl halides is 3. The van der Waals surface area contributed by atoms with Gasteiger partial charge in [-0.3, -0.25) is 18.5 Å². The summed E-state index contributed by atoms with van der Waals surface area (Å²) in [6.45, 7) is -0.222. The first kappa shape index (κ1) is 26.5. The molecule has 1 unspecified atom stereocenters. The Bertz CT molecular complexity index is 1510. The van der Waals surface area contributed by atoms with E-state index in [0.717, 1.165) is 21.3 Å². The summed E-state index contributed by atoms with van der Waals surface area (Å²) in [4.78, 5) is 30.4. The number of ether oxygens (including phenoxy) is 2. The molecule has 37 heavy (non-hydrogen) atoms. The Labute approximate surface area is 211 Å². The highest BCUT2D eigenvalue weighted by atomic mass is 35.5. The van der Waals surface area contributed by atoms with Crippen molar-refractivity contribution in [3.63, 3.8) is 0 Å². The number of halogens is 5. The highest BCUT2D eigenvalue weighted by molar-refractivity contribution is 6.31. The molecule has 0 spiro atoms. The van der Waals surface area contributed by atoms with Crippen LogP contribution < -0.4 is 20.7 Å². The first-order chi connectivity index (χ1) is 17.5. The number of nitrogens with zero attached hydrogens (tertiary/aromatic N) is 4. The van der Waals surface area contributed by atoms with Crippen LogP contribution in [0.2, 0.25) is 0 Å². The average Bonchev–Trinajstić information content (AvgIpc) is 3.18. The summed E-state index contributed by atoms with van der Waals surface area (Å²) >= 11 is 5.99. The summed E-state index contributed by atoms with van der Waals surface area (Å²) in [5, 5.41) is 9.70. The maximum atomic E-state index is 14.5. The number of hydrogen-bond acceptors (Lipinski definition) is 6. The van der Waals surface area contributed by atoms with Crippen LogP contribution in [0, 0.1) is 11.7 Å². The fraction of sp³-hybridized carbons (Fsp3) is 0.348. The number of benzene rings is 1. The van der Waals surface area contributed by atoms with E-state index < -0.39 is 34.9 Å². The molecule has 0 amide bonds. The number of fused-ring (bicyclic) bond motifs is 1. The zero-order chi connectivity index (χ0) is 26.9. The molecule has 1 aliphatic rings. The molecule has 3 aromatic rings. The maximum absolute atomic E-state index is 14.5. The van der Waals surface area contributed by atoms with Gasteiger partial charge in [0, 0.05) is 37.8 Å². The van der Waals surface area contributed by atoms with E-state index in [4.69, 9.17) is 21.4 Å². The Morgan fingerprint density at radius 3 is 2.65 bits per heavy atom. The van der Waals surface area contributed by atoms with Gasteiger partial charge in [0.15, 0.2) is 22.7 Å². The summed E-state index contributed by atoms with van der Waals surface area (Å²) in [6.07, 6.45) is 0.845. The Morgan fingerprint density at radius 1 is 1.24 bits per heavy atom. The number of hydrogen-bond donors (Lipinski definition) is 1. The van der Waals surface area contributed by atoms with Crippen LogP contribution in [0.15, 0.2) is 51.0 Å². The molecule has 0 aliphatic heterocycles. The summed E-state index contributed by atoms with van der Waals surface area (Å²) < 4.78 is 65.3. The molecule has 2 aromatic heterocycles. The van der Waals surface area contributed by atoms with Crippen molar-refractivity contribution in [2.45, 2.75) is 32.3 Å². The van der Waals surface area contributed by atoms with Gasteiger partial charge in [0.1, 0.15) is 5.75 Å². The Balaban J connectivity index is 1.86. The predicted molar refractivity (Wildman–Crippen MR) is 125 cm³/mol. The van der Waals surface area contributed by atoms with E-state index in [1.54, 1.807) is 18.2 Å². The Hall–Kier alpha value is -3.58. The minimum absolute atomic E-state index is 0.0350. The van der Waals surface area contributed by atoms with Crippen molar-refractivity contribution >= 4 is 22.8 Å². The smallest absolute Gasteiger partial charge is 0.422 e. The van der Waals surface area contributed by atoms with Crippen LogP contribution in [0.5, 0.6) is 17.5 Å². The minimum atomic E-state index is -5.01. The van der Waals surface area contributed by atoms with Gasteiger partial charge in [-0.2, -0.15) is 4.98 Å². The molecule has 0 bridgehead atoms. The molecular weight excluding hydrogens is 524 g/mol. The standard InChI is InChI=1S/C23H21ClF4N4O5/c1-30-19-18(20(34)31(22(30)35)9-2-10-33)32(12-13-3-5-14(24)6-4-13)21(29-19)36-17-11-15(7-8-16(17)25)37-23(26,27)28/h3,5-8,11,13,33H,2,4,9-10,12H2,1H3. The Kier molecular flexibility index (Phi) is 7.46. The molecule has 0 radical (unpaired) electrons. The molecule has 4 rings (SSSR count). The van der Waals surface area contributed by atoms with Crippen molar-refractivity contribution in [2.24, 2.45) is 13.0 Å². The van der Waals surface area contributed by atoms with Gasteiger partial charge >= 0.3 is 18.1 Å². The van der Waals surface area contributed by atoms with Gasteiger partial charge < -0.3 is 14.6 Å². The van der Waals surface area contributed by atoms with E-state index in [-0.39, 0.29) is 49.2 Å². The average molecular weight is 545 g/mol. The van der Waals surface area contributed by atoms with Gasteiger partial charge in [-0.05, 0) is 37.0 Å². The van der Waals surface area contributed by atoms with E-state index in [1.807, 2.05) is 0 Å². The van der Waals surface area contributed by atoms with E-state index in [1.165, 1.54) is 11.6 Å². The molecule has 0 saturated heterocycles. The number of aliphatic hydroxyl groups excluding tert-OH is 1. The van der Waals surface area contributed by atoms with Gasteiger partial charge in [0.2, 0.25) is 0 Å². The van der Waals surface area contributed by atoms with Crippen LogP contribution in [-0.4, -0.2) is 36.8 Å². The number of aryl methyl sites for hydroxylation is 1. The third-order valence-corrected chi connectivity index (χ3v) is 5.92. The molecule has 1 N–H and O–H groups in total. The van der Waals surface area contributed by atoms with E-state index >= 15 is 0 Å². The van der Waals surface area contributed by atoms with Crippen LogP contribution >= 0.6 is 11.6 Å². The number of aliphatic hydroxyl groups is 1. The first-order valence-electron chi connectivity index (χ1n) is 11.1. The topological polar surface area (TPSA) is 101 Å². The lowest BCUT2D eigenvalue weighted by Crippen LogP contribution is -2.40. The van der Waals surface area contributed by atoms with Crippen molar-refractivity contribution in [2.75, 3.05) is 6.61 Å². The monoisotopic (exact) mass is 544 g/mol. The molecule has 1 atom stereocenters. The zero-order valence-electron chi connectivity index (χ0n) is 19.3. The maximum Gasteiger partial charge on any atom is 0.573 e. The first-order valence-corrected chi connectivity index (χ1v) is 11.4. The second kappa shape index (κ2) is 10.4. The third kappa shape index (κ3) is 5.72. The van der Waals surface area contributed by atoms with Gasteiger partial charge in [-0.1, -0.05) is 23.8 Å². The summed E-state index contributed by atoms with van der Waals surface area (Å²) in [7, 11) is 1.38. The van der Waals surface area contributed by atoms with Crippen molar-refractivity contribution < 1.29 is 32.1 Å². The molecule has 0 fully saturated rings. The Morgan fingerprint density at radius 2 is 2.00 bits per heavy atom. The predicted octanol–water partition coefficient (Wildman–Crippen LogP) is 3.81. The van der Waals surface area contributed by atoms with Crippen LogP contribution in [0.3, 0.4) is 0 Å². The number of allylic oxidation sites excluding steroid dienone is 4. The molecular formula is C23H21ClF4N4O5. The van der Waals surface area contributed by atoms with E-state index in [0.29, 0.717) is 17.5 Å². The summed E-state index contributed by atoms with van der Waals surface area (Å²) in [5.74, 6) is -2.56. The molecule has 2 heterocycles. The highest BCUT2D eigenvalue weighted by Crippen LogP contribution is 2.33. The number of rotatable bonds is 8. The molecule has 1 aromatic carbocycles. The van der Waals surface area contributed by atoms with Crippen molar-refractivity contribution in [1.29, 1.82) is 0 Å². The lowest BCUT2D eigenvalue weighted by molar-refractivity contribution is -0.274. The normalized spacial score (nSPS) is 15.8. The minimum Gasteiger partial charge on any atom is -0.422 e. The second-order valence-electron chi connectivity index (χ2n) is 8.24.